The first-order valence-electron chi connectivity index (χ1n) is 7.67. The van der Waals surface area contributed by atoms with Gasteiger partial charge in [-0.2, -0.15) is 0 Å². The third kappa shape index (κ3) is 4.22. The Balaban J connectivity index is 2.12. The van der Waals surface area contributed by atoms with Gasteiger partial charge in [-0.3, -0.25) is 9.59 Å². The summed E-state index contributed by atoms with van der Waals surface area (Å²) in [5, 5.41) is 0. The highest BCUT2D eigenvalue weighted by Gasteiger charge is 2.21. The average molecular weight is 328 g/mol. The van der Waals surface area contributed by atoms with Crippen LogP contribution in [-0.4, -0.2) is 11.6 Å². The van der Waals surface area contributed by atoms with Crippen LogP contribution in [0, 0.1) is 17.6 Å². The van der Waals surface area contributed by atoms with E-state index in [0.717, 1.165) is 0 Å². The fourth-order valence-corrected chi connectivity index (χ4v) is 2.55. The van der Waals surface area contributed by atoms with Gasteiger partial charge in [0.15, 0.2) is 11.6 Å². The Morgan fingerprint density at radius 1 is 0.917 bits per heavy atom. The molecule has 0 saturated carbocycles. The van der Waals surface area contributed by atoms with Gasteiger partial charge in [0.05, 0.1) is 0 Å². The maximum absolute atomic E-state index is 13.0. The van der Waals surface area contributed by atoms with Gasteiger partial charge in [-0.25, -0.2) is 8.78 Å². The average Bonchev–Trinajstić information content (AvgIpc) is 2.56. The first-order chi connectivity index (χ1) is 11.4. The highest BCUT2D eigenvalue weighted by molar-refractivity contribution is 6.09. The second-order valence-corrected chi connectivity index (χ2v) is 5.62. The summed E-state index contributed by atoms with van der Waals surface area (Å²) in [5.74, 6) is -1.50. The van der Waals surface area contributed by atoms with E-state index in [9.17, 15) is 18.4 Å². The van der Waals surface area contributed by atoms with Crippen LogP contribution >= 0.6 is 0 Å². The summed E-state index contributed by atoms with van der Waals surface area (Å²) in [5.41, 5.74) is 1.29. The Morgan fingerprint density at radius 2 is 1.38 bits per heavy atom. The number of ketones is 2. The van der Waals surface area contributed by atoms with Crippen LogP contribution in [0.15, 0.2) is 60.2 Å². The molecule has 2 nitrogen and oxygen atoms in total. The number of benzene rings is 2. The fourth-order valence-electron chi connectivity index (χ4n) is 2.55. The van der Waals surface area contributed by atoms with Crippen molar-refractivity contribution in [2.75, 3.05) is 0 Å². The van der Waals surface area contributed by atoms with Crippen molar-refractivity contribution in [2.24, 2.45) is 5.92 Å². The van der Waals surface area contributed by atoms with E-state index in [2.05, 4.69) is 0 Å². The molecular formula is C20H18F2O2. The van der Waals surface area contributed by atoms with Crippen LogP contribution in [0.2, 0.25) is 0 Å². The van der Waals surface area contributed by atoms with Crippen LogP contribution in [0.25, 0.3) is 0 Å². The Hall–Kier alpha value is -2.62. The van der Waals surface area contributed by atoms with E-state index in [1.807, 2.05) is 0 Å². The molecule has 0 saturated heterocycles. The molecule has 0 unspecified atom stereocenters. The van der Waals surface area contributed by atoms with Crippen molar-refractivity contribution in [2.45, 2.75) is 20.3 Å². The molecule has 2 aromatic rings. The number of hydrogen-bond acceptors (Lipinski definition) is 2. The van der Waals surface area contributed by atoms with Gasteiger partial charge in [0.2, 0.25) is 0 Å². The summed E-state index contributed by atoms with van der Waals surface area (Å²) in [4.78, 5) is 24.8. The third-order valence-corrected chi connectivity index (χ3v) is 3.87. The zero-order chi connectivity index (χ0) is 17.7. The Morgan fingerprint density at radius 3 is 1.83 bits per heavy atom. The number of hydrogen-bond donors (Lipinski definition) is 0. The molecule has 0 aliphatic carbocycles. The molecule has 0 aliphatic heterocycles. The molecule has 0 spiro atoms. The van der Waals surface area contributed by atoms with Gasteiger partial charge < -0.3 is 0 Å². The van der Waals surface area contributed by atoms with Gasteiger partial charge in [0.25, 0.3) is 0 Å². The third-order valence-electron chi connectivity index (χ3n) is 3.87. The number of carbonyl (C=O) groups is 2. The standard InChI is InChI=1S/C20H18F2O2/c1-3-18(20(24)15-6-10-17(22)11-7-15)13(2)12-19(23)14-4-8-16(21)9-5-14/h3-11,13H,12H2,1-2H3/b18-3-/t13-/m1/s1. The van der Waals surface area contributed by atoms with Gasteiger partial charge in [0.1, 0.15) is 11.6 Å². The SMILES string of the molecule is C/C=C(\C(=O)c1ccc(F)cc1)[C@H](C)CC(=O)c1ccc(F)cc1. The van der Waals surface area contributed by atoms with Gasteiger partial charge in [0, 0.05) is 17.5 Å². The second-order valence-electron chi connectivity index (χ2n) is 5.62. The van der Waals surface area contributed by atoms with Gasteiger partial charge in [-0.05, 0) is 66.9 Å². The van der Waals surface area contributed by atoms with Crippen LogP contribution in [0.4, 0.5) is 8.78 Å². The van der Waals surface area contributed by atoms with Crippen molar-refractivity contribution in [3.8, 4) is 0 Å². The van der Waals surface area contributed by atoms with Crippen LogP contribution in [-0.2, 0) is 0 Å². The molecule has 1 atom stereocenters. The van der Waals surface area contributed by atoms with Gasteiger partial charge in [-0.15, -0.1) is 0 Å². The molecule has 0 aromatic heterocycles. The topological polar surface area (TPSA) is 34.1 Å². The molecule has 0 amide bonds. The van der Waals surface area contributed by atoms with E-state index in [4.69, 9.17) is 0 Å². The summed E-state index contributed by atoms with van der Waals surface area (Å²) in [7, 11) is 0. The molecule has 0 N–H and O–H groups in total. The maximum atomic E-state index is 13.0. The first-order valence-corrected chi connectivity index (χ1v) is 7.67. The second kappa shape index (κ2) is 7.77. The lowest BCUT2D eigenvalue weighted by Crippen LogP contribution is -2.15. The van der Waals surface area contributed by atoms with E-state index in [-0.39, 0.29) is 23.9 Å². The first kappa shape index (κ1) is 17.7. The molecule has 2 rings (SSSR count). The van der Waals surface area contributed by atoms with E-state index in [1.54, 1.807) is 19.9 Å². The highest BCUT2D eigenvalue weighted by Crippen LogP contribution is 2.22. The van der Waals surface area contributed by atoms with Crippen molar-refractivity contribution in [3.05, 3.63) is 82.9 Å². The molecule has 0 bridgehead atoms. The number of Topliss-reactive ketones (excluding diaryl/α,β-unsaturated/α-hetero) is 2. The van der Waals surface area contributed by atoms with Crippen LogP contribution < -0.4 is 0 Å². The Labute approximate surface area is 139 Å². The minimum absolute atomic E-state index is 0.137. The maximum Gasteiger partial charge on any atom is 0.188 e. The smallest absolute Gasteiger partial charge is 0.188 e. The monoisotopic (exact) mass is 328 g/mol. The lowest BCUT2D eigenvalue weighted by atomic mass is 9.88. The summed E-state index contributed by atoms with van der Waals surface area (Å²) < 4.78 is 25.9. The van der Waals surface area contributed by atoms with Crippen molar-refractivity contribution in [1.82, 2.24) is 0 Å². The summed E-state index contributed by atoms with van der Waals surface area (Å²) in [6, 6.07) is 10.6. The van der Waals surface area contributed by atoms with Crippen LogP contribution in [0.5, 0.6) is 0 Å². The number of rotatable bonds is 6. The normalized spacial score (nSPS) is 12.8. The number of carbonyl (C=O) groups excluding carboxylic acids is 2. The zero-order valence-corrected chi connectivity index (χ0v) is 13.6. The number of halogens is 2. The zero-order valence-electron chi connectivity index (χ0n) is 13.6. The minimum Gasteiger partial charge on any atom is -0.294 e. The lowest BCUT2D eigenvalue weighted by molar-refractivity contribution is 0.0962. The quantitative estimate of drug-likeness (QED) is 0.552. The van der Waals surface area contributed by atoms with E-state index in [1.165, 1.54) is 48.5 Å². The van der Waals surface area contributed by atoms with Crippen LogP contribution in [0.1, 0.15) is 41.0 Å². The predicted molar refractivity (Wildman–Crippen MR) is 89.0 cm³/mol. The van der Waals surface area contributed by atoms with Crippen molar-refractivity contribution in [3.63, 3.8) is 0 Å². The molecule has 24 heavy (non-hydrogen) atoms. The highest BCUT2D eigenvalue weighted by atomic mass is 19.1. The predicted octanol–water partition coefficient (Wildman–Crippen LogP) is 5.00. The van der Waals surface area contributed by atoms with Crippen molar-refractivity contribution < 1.29 is 18.4 Å². The molecular weight excluding hydrogens is 310 g/mol. The molecule has 0 radical (unpaired) electrons. The van der Waals surface area contributed by atoms with E-state index < -0.39 is 11.6 Å². The van der Waals surface area contributed by atoms with E-state index in [0.29, 0.717) is 16.7 Å². The summed E-state index contributed by atoms with van der Waals surface area (Å²) in [6.07, 6.45) is 1.81. The Bertz CT molecular complexity index is 759. The molecule has 0 heterocycles. The minimum atomic E-state index is -0.409. The molecule has 0 fully saturated rings. The van der Waals surface area contributed by atoms with Crippen molar-refractivity contribution >= 4 is 11.6 Å². The molecule has 4 heteroatoms. The lowest BCUT2D eigenvalue weighted by Gasteiger charge is -2.14. The number of allylic oxidation sites excluding steroid dienone is 2. The van der Waals surface area contributed by atoms with Crippen LogP contribution in [0.3, 0.4) is 0 Å². The van der Waals surface area contributed by atoms with Gasteiger partial charge in [-0.1, -0.05) is 13.0 Å². The summed E-state index contributed by atoms with van der Waals surface area (Å²) in [6.45, 7) is 3.52. The van der Waals surface area contributed by atoms with E-state index >= 15 is 0 Å². The molecule has 124 valence electrons. The fraction of sp³-hybridized carbons (Fsp3) is 0.200. The van der Waals surface area contributed by atoms with Crippen molar-refractivity contribution in [1.29, 1.82) is 0 Å². The van der Waals surface area contributed by atoms with Gasteiger partial charge >= 0.3 is 0 Å². The molecule has 2 aromatic carbocycles. The largest absolute Gasteiger partial charge is 0.294 e. The summed E-state index contributed by atoms with van der Waals surface area (Å²) >= 11 is 0. The Kier molecular flexibility index (Phi) is 5.74. The molecule has 0 aliphatic rings.